The predicted molar refractivity (Wildman–Crippen MR) is 116 cm³/mol. The predicted octanol–water partition coefficient (Wildman–Crippen LogP) is 4.31. The van der Waals surface area contributed by atoms with Crippen molar-refractivity contribution in [3.8, 4) is 5.75 Å². The molecule has 6 nitrogen and oxygen atoms in total. The third-order valence-electron chi connectivity index (χ3n) is 4.36. The van der Waals surface area contributed by atoms with Crippen molar-refractivity contribution in [3.05, 3.63) is 24.3 Å². The highest BCUT2D eigenvalue weighted by atomic mass is 32.2. The number of carbonyl (C=O) groups excluding carboxylic acids is 2. The Bertz CT molecular complexity index is 676. The smallest absolute Gasteiger partial charge is 0.238 e. The number of benzene rings is 1. The van der Waals surface area contributed by atoms with Gasteiger partial charge in [0.05, 0.1) is 6.61 Å². The molecule has 28 heavy (non-hydrogen) atoms. The summed E-state index contributed by atoms with van der Waals surface area (Å²) in [5.74, 6) is 0.578. The van der Waals surface area contributed by atoms with Crippen molar-refractivity contribution in [2.75, 3.05) is 25.0 Å². The highest BCUT2D eigenvalue weighted by Crippen LogP contribution is 2.28. The average Bonchev–Trinajstić information content (AvgIpc) is 2.69. The number of carbonyl (C=O) groups is 2. The summed E-state index contributed by atoms with van der Waals surface area (Å²) < 4.78 is 5.42. The average molecular weight is 406 g/mol. The van der Waals surface area contributed by atoms with Crippen LogP contribution < -0.4 is 10.1 Å². The van der Waals surface area contributed by atoms with Crippen molar-refractivity contribution in [2.45, 2.75) is 58.1 Å². The van der Waals surface area contributed by atoms with Crippen molar-refractivity contribution in [2.24, 2.45) is 4.99 Å². The maximum absolute atomic E-state index is 12.7. The highest BCUT2D eigenvalue weighted by Gasteiger charge is 2.35. The fourth-order valence-corrected chi connectivity index (χ4v) is 3.90. The zero-order chi connectivity index (χ0) is 20.4. The van der Waals surface area contributed by atoms with E-state index < -0.39 is 5.25 Å². The van der Waals surface area contributed by atoms with E-state index in [1.54, 1.807) is 4.90 Å². The van der Waals surface area contributed by atoms with E-state index in [-0.39, 0.29) is 18.2 Å². The van der Waals surface area contributed by atoms with Crippen LogP contribution in [0.25, 0.3) is 0 Å². The van der Waals surface area contributed by atoms with Gasteiger partial charge in [-0.1, -0.05) is 38.5 Å². The molecular formula is C21H31N3O3S. The Morgan fingerprint density at radius 2 is 1.93 bits per heavy atom. The molecule has 0 spiro atoms. The number of ether oxygens (including phenoxy) is 1. The number of thioether (sulfide) groups is 1. The van der Waals surface area contributed by atoms with Gasteiger partial charge in [-0.3, -0.25) is 19.5 Å². The van der Waals surface area contributed by atoms with Gasteiger partial charge < -0.3 is 10.1 Å². The van der Waals surface area contributed by atoms with Crippen molar-refractivity contribution in [1.82, 2.24) is 4.90 Å². The van der Waals surface area contributed by atoms with E-state index in [9.17, 15) is 9.59 Å². The molecule has 0 bridgehead atoms. The molecule has 2 rings (SSSR count). The first-order valence-electron chi connectivity index (χ1n) is 10.1. The monoisotopic (exact) mass is 405 g/mol. The summed E-state index contributed by atoms with van der Waals surface area (Å²) in [6, 6.07) is 7.26. The first-order chi connectivity index (χ1) is 13.6. The molecule has 0 radical (unpaired) electrons. The number of amides is 2. The van der Waals surface area contributed by atoms with Crippen molar-refractivity contribution >= 4 is 34.4 Å². The highest BCUT2D eigenvalue weighted by molar-refractivity contribution is 8.15. The summed E-state index contributed by atoms with van der Waals surface area (Å²) in [6.07, 6.45) is 4.17. The minimum atomic E-state index is -0.461. The normalized spacial score (nSPS) is 18.4. The summed E-state index contributed by atoms with van der Waals surface area (Å²) in [4.78, 5) is 31.8. The van der Waals surface area contributed by atoms with Gasteiger partial charge in [0.1, 0.15) is 11.0 Å². The molecule has 1 aliphatic heterocycles. The lowest BCUT2D eigenvalue weighted by Gasteiger charge is -2.31. The summed E-state index contributed by atoms with van der Waals surface area (Å²) >= 11 is 1.40. The molecule has 1 saturated heterocycles. The van der Waals surface area contributed by atoms with Gasteiger partial charge in [-0.2, -0.15) is 0 Å². The first-order valence-corrected chi connectivity index (χ1v) is 11.0. The number of nitrogens with one attached hydrogen (secondary N) is 1. The zero-order valence-electron chi connectivity index (χ0n) is 17.1. The number of amidine groups is 1. The van der Waals surface area contributed by atoms with Crippen LogP contribution in [0.5, 0.6) is 5.75 Å². The second-order valence-electron chi connectivity index (χ2n) is 6.67. The molecule has 1 aliphatic rings. The summed E-state index contributed by atoms with van der Waals surface area (Å²) in [6.45, 7) is 8.09. The van der Waals surface area contributed by atoms with Crippen molar-refractivity contribution in [3.63, 3.8) is 0 Å². The van der Waals surface area contributed by atoms with Crippen LogP contribution in [-0.4, -0.2) is 46.8 Å². The first kappa shape index (κ1) is 22.3. The second kappa shape index (κ2) is 11.7. The number of hydrogen-bond acceptors (Lipinski definition) is 5. The van der Waals surface area contributed by atoms with E-state index in [1.807, 2.05) is 31.2 Å². The fraction of sp³-hybridized carbons (Fsp3) is 0.571. The third kappa shape index (κ3) is 6.55. The molecule has 1 heterocycles. The molecule has 1 fully saturated rings. The van der Waals surface area contributed by atoms with Crippen LogP contribution in [0.1, 0.15) is 52.9 Å². The lowest BCUT2D eigenvalue weighted by molar-refractivity contribution is -0.129. The van der Waals surface area contributed by atoms with Crippen LogP contribution in [0.4, 0.5) is 5.69 Å². The van der Waals surface area contributed by atoms with E-state index >= 15 is 0 Å². The van der Waals surface area contributed by atoms with E-state index in [4.69, 9.17) is 4.74 Å². The van der Waals surface area contributed by atoms with Gasteiger partial charge in [0.25, 0.3) is 0 Å². The van der Waals surface area contributed by atoms with Gasteiger partial charge in [-0.15, -0.1) is 0 Å². The summed E-state index contributed by atoms with van der Waals surface area (Å²) in [7, 11) is 0. The molecule has 7 heteroatoms. The number of aliphatic imine (C=N–C) groups is 1. The number of unbranched alkanes of at least 4 members (excludes halogenated alkanes) is 2. The maximum Gasteiger partial charge on any atom is 0.238 e. The molecule has 1 N–H and O–H groups in total. The van der Waals surface area contributed by atoms with Gasteiger partial charge >= 0.3 is 0 Å². The van der Waals surface area contributed by atoms with Gasteiger partial charge in [0.2, 0.25) is 11.8 Å². The zero-order valence-corrected chi connectivity index (χ0v) is 17.9. The quantitative estimate of drug-likeness (QED) is 0.589. The van der Waals surface area contributed by atoms with Crippen LogP contribution in [-0.2, 0) is 9.59 Å². The van der Waals surface area contributed by atoms with Crippen LogP contribution in [0.15, 0.2) is 29.3 Å². The summed E-state index contributed by atoms with van der Waals surface area (Å²) in [5, 5.41) is 3.13. The van der Waals surface area contributed by atoms with Crippen molar-refractivity contribution < 1.29 is 14.3 Å². The minimum absolute atomic E-state index is 0.0192. The lowest BCUT2D eigenvalue weighted by atomic mass is 10.2. The Kier molecular flexibility index (Phi) is 9.34. The Hall–Kier alpha value is -2.02. The Labute approximate surface area is 172 Å². The van der Waals surface area contributed by atoms with Gasteiger partial charge in [-0.05, 0) is 44.0 Å². The summed E-state index contributed by atoms with van der Waals surface area (Å²) in [5.41, 5.74) is 0.694. The van der Waals surface area contributed by atoms with Crippen LogP contribution in [0.3, 0.4) is 0 Å². The third-order valence-corrected chi connectivity index (χ3v) is 5.58. The standard InChI is InChI=1S/C21H31N3O3S/c1-4-7-13-22-21-24(14-8-5-2)19(25)15-18(28-21)20(26)23-16-9-11-17(12-10-16)27-6-3/h9-12,18H,4-8,13-15H2,1-3H3,(H,23,26)/t18-/m0/s1. The number of hydrogen-bond donors (Lipinski definition) is 1. The number of rotatable bonds is 10. The van der Waals surface area contributed by atoms with Crippen molar-refractivity contribution in [1.29, 1.82) is 0 Å². The number of nitrogens with zero attached hydrogens (tertiary/aromatic N) is 2. The van der Waals surface area contributed by atoms with Gasteiger partial charge in [-0.25, -0.2) is 0 Å². The number of anilines is 1. The van der Waals surface area contributed by atoms with Gasteiger partial charge in [0, 0.05) is 25.2 Å². The molecule has 1 atom stereocenters. The van der Waals surface area contributed by atoms with Crippen LogP contribution in [0, 0.1) is 0 Å². The topological polar surface area (TPSA) is 71.0 Å². The minimum Gasteiger partial charge on any atom is -0.494 e. The molecule has 0 saturated carbocycles. The van der Waals surface area contributed by atoms with E-state index in [1.165, 1.54) is 11.8 Å². The molecule has 0 unspecified atom stereocenters. The Morgan fingerprint density at radius 1 is 1.21 bits per heavy atom. The second-order valence-corrected chi connectivity index (χ2v) is 7.84. The Morgan fingerprint density at radius 3 is 2.57 bits per heavy atom. The Balaban J connectivity index is 2.04. The van der Waals surface area contributed by atoms with Crippen LogP contribution >= 0.6 is 11.8 Å². The van der Waals surface area contributed by atoms with E-state index in [0.29, 0.717) is 30.6 Å². The van der Waals surface area contributed by atoms with E-state index in [0.717, 1.165) is 31.4 Å². The molecule has 1 aromatic carbocycles. The SMILES string of the molecule is CCCCN=C1S[C@H](C(=O)Nc2ccc(OCC)cc2)CC(=O)N1CCCC. The molecule has 154 valence electrons. The molecule has 0 aliphatic carbocycles. The van der Waals surface area contributed by atoms with Gasteiger partial charge in [0.15, 0.2) is 5.17 Å². The van der Waals surface area contributed by atoms with Crippen LogP contribution in [0.2, 0.25) is 0 Å². The van der Waals surface area contributed by atoms with E-state index in [2.05, 4.69) is 24.2 Å². The molecule has 1 aromatic rings. The lowest BCUT2D eigenvalue weighted by Crippen LogP contribution is -2.45. The molecular weight excluding hydrogens is 374 g/mol. The maximum atomic E-state index is 12.7. The fourth-order valence-electron chi connectivity index (χ4n) is 2.77. The largest absolute Gasteiger partial charge is 0.494 e. The molecule has 0 aromatic heterocycles. The molecule has 2 amide bonds.